The van der Waals surface area contributed by atoms with Crippen LogP contribution in [0.5, 0.6) is 11.8 Å². The van der Waals surface area contributed by atoms with Crippen LogP contribution in [0, 0.1) is 16.7 Å². The number of hydrogen-bond acceptors (Lipinski definition) is 4. The molecule has 5 heteroatoms. The zero-order chi connectivity index (χ0) is 23.8. The summed E-state index contributed by atoms with van der Waals surface area (Å²) in [7, 11) is 0. The number of nitrogens with zero attached hydrogens (tertiary/aromatic N) is 1. The van der Waals surface area contributed by atoms with Crippen LogP contribution in [0.1, 0.15) is 90.9 Å². The van der Waals surface area contributed by atoms with Crippen molar-refractivity contribution in [2.45, 2.75) is 97.4 Å². The molecule has 3 aromatic rings. The van der Waals surface area contributed by atoms with E-state index >= 15 is 0 Å². The van der Waals surface area contributed by atoms with Gasteiger partial charge in [0.1, 0.15) is 0 Å². The highest BCUT2D eigenvalue weighted by Crippen LogP contribution is 2.38. The first kappa shape index (κ1) is 25.1. The van der Waals surface area contributed by atoms with Gasteiger partial charge in [-0.3, -0.25) is 4.57 Å². The van der Waals surface area contributed by atoms with Crippen LogP contribution in [0.25, 0.3) is 21.5 Å². The van der Waals surface area contributed by atoms with Gasteiger partial charge in [-0.15, -0.1) is 0 Å². The minimum Gasteiger partial charge on any atom is -0.494 e. The van der Waals surface area contributed by atoms with E-state index in [-0.39, 0.29) is 22.5 Å². The first-order valence-electron chi connectivity index (χ1n) is 12.9. The van der Waals surface area contributed by atoms with E-state index in [1.54, 1.807) is 28.8 Å². The molecule has 2 aromatic carbocycles. The van der Waals surface area contributed by atoms with E-state index in [4.69, 9.17) is 10.8 Å². The summed E-state index contributed by atoms with van der Waals surface area (Å²) in [5.74, 6) is 0.481. The summed E-state index contributed by atoms with van der Waals surface area (Å²) in [5.41, 5.74) is 0. The number of unbranched alkanes of at least 4 members (excludes halogenated alkanes) is 8. The van der Waals surface area contributed by atoms with Crippen LogP contribution in [-0.2, 0) is 6.54 Å². The van der Waals surface area contributed by atoms with Crippen molar-refractivity contribution in [2.75, 3.05) is 0 Å². The summed E-state index contributed by atoms with van der Waals surface area (Å²) in [5, 5.41) is 41.5. The molecule has 0 saturated heterocycles. The van der Waals surface area contributed by atoms with E-state index in [9.17, 15) is 10.2 Å². The molecule has 0 aliphatic heterocycles. The Morgan fingerprint density at radius 3 is 1.64 bits per heavy atom. The van der Waals surface area contributed by atoms with Gasteiger partial charge in [-0.05, 0) is 43.0 Å². The average molecular weight is 452 g/mol. The van der Waals surface area contributed by atoms with Crippen LogP contribution in [0.4, 0.5) is 0 Å². The number of aromatic nitrogens is 1. The molecule has 0 amide bonds. The summed E-state index contributed by atoms with van der Waals surface area (Å²) in [6.45, 7) is 5.06. The highest BCUT2D eigenvalue weighted by atomic mass is 16.3. The van der Waals surface area contributed by atoms with Crippen molar-refractivity contribution < 1.29 is 10.2 Å². The maximum absolute atomic E-state index is 11.2. The van der Waals surface area contributed by atoms with Crippen LogP contribution < -0.4 is 10.7 Å². The van der Waals surface area contributed by atoms with Gasteiger partial charge >= 0.3 is 0 Å². The highest BCUT2D eigenvalue weighted by Gasteiger charge is 2.20. The lowest BCUT2D eigenvalue weighted by Crippen LogP contribution is -2.16. The van der Waals surface area contributed by atoms with Crippen molar-refractivity contribution in [2.24, 2.45) is 5.92 Å². The molecule has 1 unspecified atom stereocenters. The second kappa shape index (κ2) is 12.1. The van der Waals surface area contributed by atoms with Crippen molar-refractivity contribution in [3.63, 3.8) is 0 Å². The summed E-state index contributed by atoms with van der Waals surface area (Å²) < 4.78 is 1.66. The topological polar surface area (TPSA) is 93.1 Å². The van der Waals surface area contributed by atoms with Crippen LogP contribution in [0.3, 0.4) is 0 Å². The average Bonchev–Trinajstić information content (AvgIpc) is 2.80. The maximum atomic E-state index is 11.2. The monoisotopic (exact) mass is 451 g/mol. The number of hydrogen-bond donors (Lipinski definition) is 4. The molecular weight excluding hydrogens is 410 g/mol. The van der Waals surface area contributed by atoms with E-state index in [2.05, 4.69) is 13.8 Å². The molecule has 1 aromatic heterocycles. The van der Waals surface area contributed by atoms with Gasteiger partial charge in [-0.1, -0.05) is 78.1 Å². The summed E-state index contributed by atoms with van der Waals surface area (Å²) in [6, 6.07) is 6.75. The van der Waals surface area contributed by atoms with Crippen molar-refractivity contribution in [3.8, 4) is 11.8 Å². The Hall–Kier alpha value is -2.56. The van der Waals surface area contributed by atoms with Crippen LogP contribution in [0.15, 0.2) is 24.3 Å². The number of rotatable bonds is 14. The molecule has 5 nitrogen and oxygen atoms in total. The largest absolute Gasteiger partial charge is 0.494 e. The Labute approximate surface area is 197 Å². The smallest absolute Gasteiger partial charge is 0.201 e. The second-order valence-electron chi connectivity index (χ2n) is 9.60. The van der Waals surface area contributed by atoms with E-state index in [0.717, 1.165) is 12.8 Å². The third kappa shape index (κ3) is 5.87. The van der Waals surface area contributed by atoms with E-state index in [1.165, 1.54) is 64.2 Å². The number of benzene rings is 2. The van der Waals surface area contributed by atoms with Gasteiger partial charge in [-0.2, -0.15) is 0 Å². The molecule has 0 fully saturated rings. The lowest BCUT2D eigenvalue weighted by Gasteiger charge is -2.23. The standard InChI is InChI=1S/C28H41N3O2/c1-3-5-7-9-10-12-14-20(13-11-8-6-4-2)19-31-27(32)21-15-17-23(29)26-24(30)18-16-22(25(21)26)28(31)33/h15-18,20,29-30,32-33H,3-14,19H2,1-2H3. The Bertz CT molecular complexity index is 1080. The number of aromatic hydroxyl groups is 2. The molecular formula is C28H41N3O2. The molecule has 1 heterocycles. The van der Waals surface area contributed by atoms with Crippen molar-refractivity contribution in [1.29, 1.82) is 10.8 Å². The number of nitrogens with one attached hydrogen (secondary N) is 2. The molecule has 0 spiro atoms. The minimum atomic E-state index is 0.0390. The predicted octanol–water partition coefficient (Wildman–Crippen LogP) is 6.94. The maximum Gasteiger partial charge on any atom is 0.201 e. The Morgan fingerprint density at radius 1 is 0.667 bits per heavy atom. The minimum absolute atomic E-state index is 0.0390. The van der Waals surface area contributed by atoms with Gasteiger partial charge in [0.2, 0.25) is 11.8 Å². The Balaban J connectivity index is 1.88. The molecule has 0 saturated carbocycles. The van der Waals surface area contributed by atoms with E-state index < -0.39 is 0 Å². The fraction of sp³-hybridized carbons (Fsp3) is 0.571. The predicted molar refractivity (Wildman–Crippen MR) is 136 cm³/mol. The van der Waals surface area contributed by atoms with Gasteiger partial charge in [0.25, 0.3) is 0 Å². The van der Waals surface area contributed by atoms with Gasteiger partial charge in [0, 0.05) is 28.1 Å². The van der Waals surface area contributed by atoms with Crippen LogP contribution in [-0.4, -0.2) is 14.8 Å². The lowest BCUT2D eigenvalue weighted by atomic mass is 9.93. The fourth-order valence-electron chi connectivity index (χ4n) is 5.09. The molecule has 0 radical (unpaired) electrons. The van der Waals surface area contributed by atoms with Crippen molar-refractivity contribution >= 4 is 21.5 Å². The SMILES string of the molecule is CCCCCCCCC(CCCCCC)Cn1c(O)c2ccc(=N)c3c(=N)ccc(c1O)c23. The summed E-state index contributed by atoms with van der Waals surface area (Å²) in [4.78, 5) is 0. The van der Waals surface area contributed by atoms with Crippen molar-refractivity contribution in [3.05, 3.63) is 35.0 Å². The molecule has 0 bridgehead atoms. The normalized spacial score (nSPS) is 12.7. The molecule has 0 aliphatic rings. The zero-order valence-corrected chi connectivity index (χ0v) is 20.4. The van der Waals surface area contributed by atoms with Gasteiger partial charge in [-0.25, -0.2) is 0 Å². The third-order valence-corrected chi connectivity index (χ3v) is 7.03. The quantitative estimate of drug-likeness (QED) is 0.200. The fourth-order valence-corrected chi connectivity index (χ4v) is 5.09. The number of pyridine rings is 1. The highest BCUT2D eigenvalue weighted by molar-refractivity contribution is 6.12. The molecule has 33 heavy (non-hydrogen) atoms. The molecule has 4 N–H and O–H groups in total. The first-order valence-corrected chi connectivity index (χ1v) is 12.9. The van der Waals surface area contributed by atoms with Gasteiger partial charge in [0.05, 0.1) is 10.7 Å². The Morgan fingerprint density at radius 2 is 1.12 bits per heavy atom. The van der Waals surface area contributed by atoms with E-state index in [0.29, 0.717) is 34.0 Å². The Kier molecular flexibility index (Phi) is 9.16. The van der Waals surface area contributed by atoms with Gasteiger partial charge in [0.15, 0.2) is 0 Å². The molecule has 180 valence electrons. The third-order valence-electron chi connectivity index (χ3n) is 7.03. The molecule has 0 aliphatic carbocycles. The van der Waals surface area contributed by atoms with Crippen molar-refractivity contribution in [1.82, 2.24) is 4.57 Å². The molecule has 1 atom stereocenters. The molecule has 3 rings (SSSR count). The van der Waals surface area contributed by atoms with Crippen LogP contribution in [0.2, 0.25) is 0 Å². The first-order chi connectivity index (χ1) is 16.0. The van der Waals surface area contributed by atoms with Crippen LogP contribution >= 0.6 is 0 Å². The second-order valence-corrected chi connectivity index (χ2v) is 9.60. The summed E-state index contributed by atoms with van der Waals surface area (Å²) in [6.07, 6.45) is 14.7. The zero-order valence-electron chi connectivity index (χ0n) is 20.4. The van der Waals surface area contributed by atoms with Gasteiger partial charge < -0.3 is 21.0 Å². The van der Waals surface area contributed by atoms with E-state index in [1.807, 2.05) is 0 Å². The summed E-state index contributed by atoms with van der Waals surface area (Å²) >= 11 is 0. The lowest BCUT2D eigenvalue weighted by molar-refractivity contribution is 0.301.